The molecule has 1 aliphatic heterocycles. The van der Waals surface area contributed by atoms with Gasteiger partial charge >= 0.3 is 0 Å². The van der Waals surface area contributed by atoms with Gasteiger partial charge in [-0.25, -0.2) is 8.42 Å². The molecular formula is C34H37NO6S. The normalized spacial score (nSPS) is 20.8. The number of aryl methyl sites for hydroxylation is 1. The van der Waals surface area contributed by atoms with E-state index in [1.54, 1.807) is 24.3 Å². The zero-order valence-electron chi connectivity index (χ0n) is 23.7. The van der Waals surface area contributed by atoms with Crippen LogP contribution in [-0.2, 0) is 48.8 Å². The van der Waals surface area contributed by atoms with Gasteiger partial charge in [0.2, 0.25) is 10.0 Å². The minimum Gasteiger partial charge on any atom is -0.374 e. The maximum absolute atomic E-state index is 13.3. The van der Waals surface area contributed by atoms with Crippen LogP contribution in [0, 0.1) is 6.92 Å². The maximum atomic E-state index is 13.3. The van der Waals surface area contributed by atoms with Gasteiger partial charge in [-0.05, 0) is 35.7 Å². The van der Waals surface area contributed by atoms with Crippen molar-refractivity contribution in [2.75, 3.05) is 6.61 Å². The van der Waals surface area contributed by atoms with E-state index in [2.05, 4.69) is 4.72 Å². The lowest BCUT2D eigenvalue weighted by atomic mass is 10.00. The summed E-state index contributed by atoms with van der Waals surface area (Å²) in [5.74, 6) is 0. The second-order valence-electron chi connectivity index (χ2n) is 10.4. The Kier molecular flexibility index (Phi) is 10.5. The van der Waals surface area contributed by atoms with Gasteiger partial charge in [0.1, 0.15) is 18.4 Å². The van der Waals surface area contributed by atoms with Crippen molar-refractivity contribution < 1.29 is 27.4 Å². The van der Waals surface area contributed by atoms with Gasteiger partial charge in [0.25, 0.3) is 0 Å². The third-order valence-corrected chi connectivity index (χ3v) is 8.59. The molecule has 1 N–H and O–H groups in total. The van der Waals surface area contributed by atoms with Crippen molar-refractivity contribution in [3.8, 4) is 0 Å². The smallest absolute Gasteiger partial charge is 0.242 e. The summed E-state index contributed by atoms with van der Waals surface area (Å²) in [4.78, 5) is 0.179. The molecule has 0 spiro atoms. The minimum absolute atomic E-state index is 0.179. The number of rotatable bonds is 13. The molecule has 0 radical (unpaired) electrons. The molecule has 4 aromatic carbocycles. The summed E-state index contributed by atoms with van der Waals surface area (Å²) in [6, 6.07) is 36.4. The standard InChI is InChI=1S/C34H37NO6S/c1-26-17-19-30(20-18-26)42(36,37)35-33-21-31(39-23-28-13-7-3-8-14-28)34(40-24-29-15-9-4-10-16-29)32(41-33)25-38-22-27-11-5-2-6-12-27/h2-20,31-35H,21-25H2,1H3/t31-,32?,33-,34-/m1/s1. The molecule has 42 heavy (non-hydrogen) atoms. The lowest BCUT2D eigenvalue weighted by Gasteiger charge is -2.41. The fraction of sp³-hybridized carbons (Fsp3) is 0.294. The largest absolute Gasteiger partial charge is 0.374 e. The van der Waals surface area contributed by atoms with E-state index >= 15 is 0 Å². The molecule has 5 rings (SSSR count). The molecule has 4 aromatic rings. The van der Waals surface area contributed by atoms with Crippen molar-refractivity contribution in [3.63, 3.8) is 0 Å². The van der Waals surface area contributed by atoms with Gasteiger partial charge < -0.3 is 18.9 Å². The number of ether oxygens (including phenoxy) is 4. The first kappa shape index (κ1) is 30.1. The average molecular weight is 588 g/mol. The van der Waals surface area contributed by atoms with E-state index in [4.69, 9.17) is 18.9 Å². The summed E-state index contributed by atoms with van der Waals surface area (Å²) in [5.41, 5.74) is 4.04. The molecule has 1 saturated heterocycles. The highest BCUT2D eigenvalue weighted by Gasteiger charge is 2.42. The van der Waals surface area contributed by atoms with E-state index < -0.39 is 34.6 Å². The summed E-state index contributed by atoms with van der Waals surface area (Å²) in [6.07, 6.45) is -2.10. The molecule has 0 aliphatic carbocycles. The van der Waals surface area contributed by atoms with Crippen LogP contribution < -0.4 is 4.72 Å². The molecule has 0 bridgehead atoms. The van der Waals surface area contributed by atoms with E-state index in [0.717, 1.165) is 22.3 Å². The Balaban J connectivity index is 1.36. The zero-order chi connectivity index (χ0) is 29.2. The molecule has 8 heteroatoms. The summed E-state index contributed by atoms with van der Waals surface area (Å²) >= 11 is 0. The maximum Gasteiger partial charge on any atom is 0.242 e. The molecule has 220 valence electrons. The molecule has 1 fully saturated rings. The molecular weight excluding hydrogens is 550 g/mol. The average Bonchev–Trinajstić information content (AvgIpc) is 3.01. The van der Waals surface area contributed by atoms with Crippen LogP contribution in [0.1, 0.15) is 28.7 Å². The highest BCUT2D eigenvalue weighted by Crippen LogP contribution is 2.28. The van der Waals surface area contributed by atoms with Gasteiger partial charge in [-0.3, -0.25) is 0 Å². The molecule has 1 aliphatic rings. The number of sulfonamides is 1. The molecule has 0 saturated carbocycles. The molecule has 0 aromatic heterocycles. The zero-order valence-corrected chi connectivity index (χ0v) is 24.5. The predicted molar refractivity (Wildman–Crippen MR) is 161 cm³/mol. The van der Waals surface area contributed by atoms with Crippen molar-refractivity contribution >= 4 is 10.0 Å². The highest BCUT2D eigenvalue weighted by molar-refractivity contribution is 7.89. The number of hydrogen-bond donors (Lipinski definition) is 1. The SMILES string of the molecule is Cc1ccc(S(=O)(=O)N[C@H]2C[C@@H](OCc3ccccc3)[C@@H](OCc3ccccc3)C(COCc3ccccc3)O2)cc1. The fourth-order valence-electron chi connectivity index (χ4n) is 4.89. The lowest BCUT2D eigenvalue weighted by molar-refractivity contribution is -0.222. The Bertz CT molecular complexity index is 1470. The van der Waals surface area contributed by atoms with Crippen molar-refractivity contribution in [2.24, 2.45) is 0 Å². The number of hydrogen-bond acceptors (Lipinski definition) is 6. The van der Waals surface area contributed by atoms with Gasteiger partial charge in [0, 0.05) is 6.42 Å². The van der Waals surface area contributed by atoms with Gasteiger partial charge in [0.15, 0.2) is 0 Å². The van der Waals surface area contributed by atoms with E-state index in [1.165, 1.54) is 0 Å². The Morgan fingerprint density at radius 1 is 0.714 bits per heavy atom. The van der Waals surface area contributed by atoms with Crippen LogP contribution in [0.2, 0.25) is 0 Å². The Hall–Kier alpha value is -3.37. The van der Waals surface area contributed by atoms with Crippen LogP contribution in [0.15, 0.2) is 120 Å². The van der Waals surface area contributed by atoms with E-state index in [0.29, 0.717) is 19.8 Å². The van der Waals surface area contributed by atoms with E-state index in [-0.39, 0.29) is 17.9 Å². The van der Waals surface area contributed by atoms with Crippen LogP contribution in [0.4, 0.5) is 0 Å². The van der Waals surface area contributed by atoms with Crippen molar-refractivity contribution in [3.05, 3.63) is 138 Å². The van der Waals surface area contributed by atoms with Gasteiger partial charge in [-0.2, -0.15) is 4.72 Å². The first-order valence-electron chi connectivity index (χ1n) is 14.1. The molecule has 7 nitrogen and oxygen atoms in total. The van der Waals surface area contributed by atoms with E-state index in [9.17, 15) is 8.42 Å². The van der Waals surface area contributed by atoms with Crippen molar-refractivity contribution in [1.29, 1.82) is 0 Å². The molecule has 0 amide bonds. The van der Waals surface area contributed by atoms with Crippen molar-refractivity contribution in [1.82, 2.24) is 4.72 Å². The minimum atomic E-state index is -3.84. The number of benzene rings is 4. The third kappa shape index (κ3) is 8.58. The topological polar surface area (TPSA) is 83.1 Å². The van der Waals surface area contributed by atoms with E-state index in [1.807, 2.05) is 97.9 Å². The monoisotopic (exact) mass is 587 g/mol. The summed E-state index contributed by atoms with van der Waals surface area (Å²) < 4.78 is 54.7. The fourth-order valence-corrected chi connectivity index (χ4v) is 6.01. The Morgan fingerprint density at radius 3 is 1.81 bits per heavy atom. The second kappa shape index (κ2) is 14.7. The van der Waals surface area contributed by atoms with Crippen LogP contribution in [0.3, 0.4) is 0 Å². The van der Waals surface area contributed by atoms with Gasteiger partial charge in [-0.15, -0.1) is 0 Å². The molecule has 1 heterocycles. The molecule has 1 unspecified atom stereocenters. The predicted octanol–water partition coefficient (Wildman–Crippen LogP) is 5.78. The van der Waals surface area contributed by atoms with Crippen LogP contribution in [0.5, 0.6) is 0 Å². The third-order valence-electron chi connectivity index (χ3n) is 7.12. The molecule has 4 atom stereocenters. The van der Waals surface area contributed by atoms with Crippen LogP contribution in [-0.4, -0.2) is 39.6 Å². The van der Waals surface area contributed by atoms with Gasteiger partial charge in [0.05, 0.1) is 37.4 Å². The van der Waals surface area contributed by atoms with Crippen LogP contribution >= 0.6 is 0 Å². The highest BCUT2D eigenvalue weighted by atomic mass is 32.2. The first-order chi connectivity index (χ1) is 20.5. The summed E-state index contributed by atoms with van der Waals surface area (Å²) in [5, 5.41) is 0. The quantitative estimate of drug-likeness (QED) is 0.214. The summed E-state index contributed by atoms with van der Waals surface area (Å²) in [7, 11) is -3.84. The van der Waals surface area contributed by atoms with Gasteiger partial charge in [-0.1, -0.05) is 109 Å². The first-order valence-corrected chi connectivity index (χ1v) is 15.6. The second-order valence-corrected chi connectivity index (χ2v) is 12.1. The Morgan fingerprint density at radius 2 is 1.24 bits per heavy atom. The lowest BCUT2D eigenvalue weighted by Crippen LogP contribution is -2.56. The number of nitrogens with one attached hydrogen (secondary N) is 1. The van der Waals surface area contributed by atoms with Crippen LogP contribution in [0.25, 0.3) is 0 Å². The van der Waals surface area contributed by atoms with Crippen molar-refractivity contribution in [2.45, 2.75) is 62.6 Å². The summed E-state index contributed by atoms with van der Waals surface area (Å²) in [6.45, 7) is 3.21. The Labute approximate surface area is 248 Å².